The first-order chi connectivity index (χ1) is 13.2. The van der Waals surface area contributed by atoms with Gasteiger partial charge in [-0.25, -0.2) is 4.68 Å². The topological polar surface area (TPSA) is 50.2 Å². The molecule has 1 atom stereocenters. The molecule has 140 valence electrons. The quantitative estimate of drug-likeness (QED) is 0.729. The van der Waals surface area contributed by atoms with Crippen LogP contribution < -0.4 is 5.32 Å². The number of hydrogen-bond donors (Lipinski definition) is 1. The molecule has 1 aliphatic heterocycles. The number of nitrogens with zero attached hydrogens (tertiary/aromatic N) is 3. The van der Waals surface area contributed by atoms with E-state index in [0.717, 1.165) is 30.1 Å². The van der Waals surface area contributed by atoms with Crippen LogP contribution in [0.2, 0.25) is 0 Å². The Bertz CT molecular complexity index is 932. The SMILES string of the molecule is CNC(=O)c1ccc(C2CCCN2Cc2ccc(-n3cccn3)cc2C)s1. The molecule has 1 saturated heterocycles. The summed E-state index contributed by atoms with van der Waals surface area (Å²) in [6.45, 7) is 4.20. The second kappa shape index (κ2) is 7.66. The molecule has 27 heavy (non-hydrogen) atoms. The zero-order chi connectivity index (χ0) is 18.8. The molecule has 1 aromatic carbocycles. The van der Waals surface area contributed by atoms with Crippen molar-refractivity contribution in [3.05, 3.63) is 69.7 Å². The van der Waals surface area contributed by atoms with E-state index >= 15 is 0 Å². The number of amides is 1. The van der Waals surface area contributed by atoms with Gasteiger partial charge in [0.05, 0.1) is 10.6 Å². The van der Waals surface area contributed by atoms with Crippen LogP contribution in [-0.4, -0.2) is 34.2 Å². The molecular weight excluding hydrogens is 356 g/mol. The molecule has 1 unspecified atom stereocenters. The van der Waals surface area contributed by atoms with E-state index in [1.807, 2.05) is 23.0 Å². The number of carbonyl (C=O) groups excluding carboxylic acids is 1. The number of nitrogens with one attached hydrogen (secondary N) is 1. The van der Waals surface area contributed by atoms with Gasteiger partial charge >= 0.3 is 0 Å². The third-order valence-electron chi connectivity index (χ3n) is 5.24. The van der Waals surface area contributed by atoms with Gasteiger partial charge in [-0.05, 0) is 67.8 Å². The molecule has 4 rings (SSSR count). The minimum Gasteiger partial charge on any atom is -0.354 e. The lowest BCUT2D eigenvalue weighted by Crippen LogP contribution is -2.22. The number of hydrogen-bond acceptors (Lipinski definition) is 4. The average Bonchev–Trinajstić information content (AvgIpc) is 3.43. The third-order valence-corrected chi connectivity index (χ3v) is 6.42. The lowest BCUT2D eigenvalue weighted by molar-refractivity contribution is 0.0967. The van der Waals surface area contributed by atoms with Gasteiger partial charge in [-0.1, -0.05) is 6.07 Å². The third kappa shape index (κ3) is 3.68. The van der Waals surface area contributed by atoms with Crippen LogP contribution in [0.15, 0.2) is 48.8 Å². The monoisotopic (exact) mass is 380 g/mol. The summed E-state index contributed by atoms with van der Waals surface area (Å²) in [4.78, 5) is 16.5. The van der Waals surface area contributed by atoms with E-state index in [4.69, 9.17) is 0 Å². The highest BCUT2D eigenvalue weighted by atomic mass is 32.1. The van der Waals surface area contributed by atoms with Crippen molar-refractivity contribution in [3.63, 3.8) is 0 Å². The molecule has 3 aromatic rings. The van der Waals surface area contributed by atoms with Gasteiger partial charge < -0.3 is 5.32 Å². The first-order valence-electron chi connectivity index (χ1n) is 9.31. The Morgan fingerprint density at radius 2 is 2.22 bits per heavy atom. The molecule has 5 nitrogen and oxygen atoms in total. The van der Waals surface area contributed by atoms with Crippen molar-refractivity contribution >= 4 is 17.2 Å². The summed E-state index contributed by atoms with van der Waals surface area (Å²) in [5.41, 5.74) is 3.72. The van der Waals surface area contributed by atoms with E-state index in [9.17, 15) is 4.79 Å². The van der Waals surface area contributed by atoms with Crippen molar-refractivity contribution < 1.29 is 4.79 Å². The number of likely N-dealkylation sites (tertiary alicyclic amines) is 1. The second-order valence-corrected chi connectivity index (χ2v) is 8.09. The van der Waals surface area contributed by atoms with Crippen molar-refractivity contribution in [2.45, 2.75) is 32.4 Å². The van der Waals surface area contributed by atoms with Gasteiger partial charge in [-0.3, -0.25) is 9.69 Å². The summed E-state index contributed by atoms with van der Waals surface area (Å²) in [7, 11) is 1.68. The summed E-state index contributed by atoms with van der Waals surface area (Å²) >= 11 is 1.62. The van der Waals surface area contributed by atoms with E-state index < -0.39 is 0 Å². The molecule has 1 amide bonds. The summed E-state index contributed by atoms with van der Waals surface area (Å²) in [5, 5.41) is 7.02. The molecule has 3 heterocycles. The maximum atomic E-state index is 11.9. The number of benzene rings is 1. The van der Waals surface area contributed by atoms with Gasteiger partial charge in [0.25, 0.3) is 5.91 Å². The number of thiophene rings is 1. The Kier molecular flexibility index (Phi) is 5.09. The highest BCUT2D eigenvalue weighted by molar-refractivity contribution is 7.14. The summed E-state index contributed by atoms with van der Waals surface area (Å²) in [6, 6.07) is 12.9. The Hall–Kier alpha value is -2.44. The smallest absolute Gasteiger partial charge is 0.261 e. The van der Waals surface area contributed by atoms with Crippen molar-refractivity contribution in [1.29, 1.82) is 0 Å². The largest absolute Gasteiger partial charge is 0.354 e. The number of carbonyl (C=O) groups is 1. The van der Waals surface area contributed by atoms with E-state index in [-0.39, 0.29) is 5.91 Å². The molecule has 2 aromatic heterocycles. The normalized spacial score (nSPS) is 17.3. The Labute approximate surface area is 163 Å². The van der Waals surface area contributed by atoms with Crippen LogP contribution in [-0.2, 0) is 6.54 Å². The fourth-order valence-corrected chi connectivity index (χ4v) is 4.88. The summed E-state index contributed by atoms with van der Waals surface area (Å²) in [5.74, 6) is 0.000789. The molecule has 0 spiro atoms. The predicted octanol–water partition coefficient (Wildman–Crippen LogP) is 3.94. The molecule has 6 heteroatoms. The zero-order valence-electron chi connectivity index (χ0n) is 15.7. The van der Waals surface area contributed by atoms with E-state index in [1.165, 1.54) is 22.4 Å². The van der Waals surface area contributed by atoms with Crippen molar-refractivity contribution in [3.8, 4) is 5.69 Å². The Balaban J connectivity index is 1.51. The standard InChI is InChI=1S/C21H24N4OS/c1-15-13-17(25-12-4-10-23-25)7-6-16(15)14-24-11-3-5-18(24)19-8-9-20(27-19)21(26)22-2/h4,6-10,12-13,18H,3,5,11,14H2,1-2H3,(H,22,26). The molecular formula is C21H24N4OS. The molecule has 1 N–H and O–H groups in total. The zero-order valence-corrected chi connectivity index (χ0v) is 16.5. The first-order valence-corrected chi connectivity index (χ1v) is 10.1. The number of rotatable bonds is 5. The maximum absolute atomic E-state index is 11.9. The first kappa shape index (κ1) is 17.9. The van der Waals surface area contributed by atoms with Gasteiger partial charge in [0.15, 0.2) is 0 Å². The van der Waals surface area contributed by atoms with Crippen LogP contribution in [0.3, 0.4) is 0 Å². The fraction of sp³-hybridized carbons (Fsp3) is 0.333. The van der Waals surface area contributed by atoms with Crippen LogP contribution in [0.4, 0.5) is 0 Å². The minimum atomic E-state index is 0.000789. The summed E-state index contributed by atoms with van der Waals surface area (Å²) in [6.07, 6.45) is 6.11. The van der Waals surface area contributed by atoms with Crippen LogP contribution in [0.25, 0.3) is 5.69 Å². The highest BCUT2D eigenvalue weighted by Gasteiger charge is 2.28. The number of aryl methyl sites for hydroxylation is 1. The second-order valence-electron chi connectivity index (χ2n) is 6.97. The van der Waals surface area contributed by atoms with E-state index in [0.29, 0.717) is 6.04 Å². The van der Waals surface area contributed by atoms with Gasteiger partial charge in [-0.15, -0.1) is 11.3 Å². The van der Waals surface area contributed by atoms with Crippen molar-refractivity contribution in [1.82, 2.24) is 20.0 Å². The molecule has 1 aliphatic rings. The molecule has 0 saturated carbocycles. The van der Waals surface area contributed by atoms with Crippen molar-refractivity contribution in [2.75, 3.05) is 13.6 Å². The van der Waals surface area contributed by atoms with Gasteiger partial charge in [0, 0.05) is 36.9 Å². The Morgan fingerprint density at radius 1 is 1.33 bits per heavy atom. The van der Waals surface area contributed by atoms with Gasteiger partial charge in [0.2, 0.25) is 0 Å². The van der Waals surface area contributed by atoms with Crippen LogP contribution in [0.5, 0.6) is 0 Å². The van der Waals surface area contributed by atoms with E-state index in [1.54, 1.807) is 24.6 Å². The lowest BCUT2D eigenvalue weighted by atomic mass is 10.1. The molecule has 0 aliphatic carbocycles. The van der Waals surface area contributed by atoms with Crippen molar-refractivity contribution in [2.24, 2.45) is 0 Å². The maximum Gasteiger partial charge on any atom is 0.261 e. The Morgan fingerprint density at radius 3 is 2.96 bits per heavy atom. The summed E-state index contributed by atoms with van der Waals surface area (Å²) < 4.78 is 1.89. The molecule has 0 bridgehead atoms. The van der Waals surface area contributed by atoms with Gasteiger partial charge in [0.1, 0.15) is 0 Å². The van der Waals surface area contributed by atoms with Crippen LogP contribution >= 0.6 is 11.3 Å². The highest BCUT2D eigenvalue weighted by Crippen LogP contribution is 2.37. The fourth-order valence-electron chi connectivity index (χ4n) is 3.76. The number of aromatic nitrogens is 2. The predicted molar refractivity (Wildman–Crippen MR) is 108 cm³/mol. The average molecular weight is 381 g/mol. The van der Waals surface area contributed by atoms with Crippen LogP contribution in [0.1, 0.15) is 44.6 Å². The van der Waals surface area contributed by atoms with E-state index in [2.05, 4.69) is 46.5 Å². The minimum absolute atomic E-state index is 0.000789. The van der Waals surface area contributed by atoms with Gasteiger partial charge in [-0.2, -0.15) is 5.10 Å². The lowest BCUT2D eigenvalue weighted by Gasteiger charge is -2.24. The molecule has 0 radical (unpaired) electrons. The van der Waals surface area contributed by atoms with Crippen LogP contribution in [0, 0.1) is 6.92 Å². The molecule has 1 fully saturated rings.